The van der Waals surface area contributed by atoms with Gasteiger partial charge in [-0.3, -0.25) is 19.4 Å². The fourth-order valence-corrected chi connectivity index (χ4v) is 2.53. The summed E-state index contributed by atoms with van der Waals surface area (Å²) in [6.07, 6.45) is 3.01. The van der Waals surface area contributed by atoms with E-state index >= 15 is 0 Å². The quantitative estimate of drug-likeness (QED) is 0.468. The Morgan fingerprint density at radius 1 is 0.931 bits per heavy atom. The smallest absolute Gasteiger partial charge is 0.316 e. The summed E-state index contributed by atoms with van der Waals surface area (Å²) in [5, 5.41) is 5.21. The van der Waals surface area contributed by atoms with Gasteiger partial charge in [-0.1, -0.05) is 12.1 Å². The molecule has 29 heavy (non-hydrogen) atoms. The maximum atomic E-state index is 12.4. The second-order valence-electron chi connectivity index (χ2n) is 6.15. The highest BCUT2D eigenvalue weighted by molar-refractivity contribution is 6.44. The normalized spacial score (nSPS) is 10.1. The molecule has 8 heteroatoms. The number of para-hydroxylation sites is 2. The average molecular weight is 389 g/mol. The molecule has 0 radical (unpaired) electrons. The van der Waals surface area contributed by atoms with Crippen molar-refractivity contribution in [2.45, 2.75) is 0 Å². The highest BCUT2D eigenvalue weighted by Crippen LogP contribution is 2.19. The van der Waals surface area contributed by atoms with Gasteiger partial charge in [0.2, 0.25) is 0 Å². The number of nitrogen functional groups attached to an aromatic ring is 1. The topological polar surface area (TPSA) is 117 Å². The van der Waals surface area contributed by atoms with Gasteiger partial charge in [-0.15, -0.1) is 0 Å². The SMILES string of the molecule is CN(C(=O)C(=O)Nc1cccnc1)c1ccc(C(=O)Nc2ccccc2N)cc1. The van der Waals surface area contributed by atoms with Crippen LogP contribution in [0.25, 0.3) is 0 Å². The number of pyridine rings is 1. The van der Waals surface area contributed by atoms with Crippen LogP contribution in [0.5, 0.6) is 0 Å². The Hall–Kier alpha value is -4.20. The first-order valence-corrected chi connectivity index (χ1v) is 8.70. The summed E-state index contributed by atoms with van der Waals surface area (Å²) in [6.45, 7) is 0. The molecule has 1 heterocycles. The summed E-state index contributed by atoms with van der Waals surface area (Å²) in [4.78, 5) is 41.9. The third-order valence-electron chi connectivity index (χ3n) is 4.14. The fraction of sp³-hybridized carbons (Fsp3) is 0.0476. The predicted octanol–water partition coefficient (Wildman–Crippen LogP) is 2.52. The molecule has 1 aromatic heterocycles. The zero-order valence-corrected chi connectivity index (χ0v) is 15.6. The number of carbonyl (C=O) groups is 3. The zero-order valence-electron chi connectivity index (χ0n) is 15.6. The number of hydrogen-bond donors (Lipinski definition) is 3. The number of nitrogens with two attached hydrogens (primary N) is 1. The molecule has 3 rings (SSSR count). The molecule has 0 aliphatic carbocycles. The number of likely N-dealkylation sites (N-methyl/N-ethyl adjacent to an activating group) is 1. The Balaban J connectivity index is 1.65. The highest BCUT2D eigenvalue weighted by Gasteiger charge is 2.20. The van der Waals surface area contributed by atoms with Gasteiger partial charge in [-0.25, -0.2) is 0 Å². The van der Waals surface area contributed by atoms with Crippen molar-refractivity contribution >= 4 is 40.5 Å². The first kappa shape index (κ1) is 19.6. The Morgan fingerprint density at radius 3 is 2.31 bits per heavy atom. The highest BCUT2D eigenvalue weighted by atomic mass is 16.2. The van der Waals surface area contributed by atoms with Crippen molar-refractivity contribution in [1.82, 2.24) is 4.98 Å². The van der Waals surface area contributed by atoms with E-state index in [1.165, 1.54) is 18.1 Å². The predicted molar refractivity (Wildman–Crippen MR) is 112 cm³/mol. The second-order valence-corrected chi connectivity index (χ2v) is 6.15. The van der Waals surface area contributed by atoms with Gasteiger partial charge in [0, 0.05) is 24.5 Å². The monoisotopic (exact) mass is 389 g/mol. The van der Waals surface area contributed by atoms with E-state index in [0.717, 1.165) is 0 Å². The Labute approximate surface area is 167 Å². The van der Waals surface area contributed by atoms with Crippen LogP contribution in [0.1, 0.15) is 10.4 Å². The van der Waals surface area contributed by atoms with Crippen LogP contribution < -0.4 is 21.3 Å². The number of benzene rings is 2. The van der Waals surface area contributed by atoms with E-state index in [-0.39, 0.29) is 5.91 Å². The van der Waals surface area contributed by atoms with Gasteiger partial charge in [-0.2, -0.15) is 0 Å². The van der Waals surface area contributed by atoms with Crippen molar-refractivity contribution in [2.24, 2.45) is 0 Å². The molecule has 0 unspecified atom stereocenters. The second kappa shape index (κ2) is 8.66. The van der Waals surface area contributed by atoms with Gasteiger partial charge in [-0.05, 0) is 48.5 Å². The lowest BCUT2D eigenvalue weighted by Crippen LogP contribution is -2.37. The maximum absolute atomic E-state index is 12.4. The van der Waals surface area contributed by atoms with Crippen molar-refractivity contribution in [1.29, 1.82) is 0 Å². The Morgan fingerprint density at radius 2 is 1.66 bits per heavy atom. The van der Waals surface area contributed by atoms with E-state index in [1.807, 2.05) is 0 Å². The van der Waals surface area contributed by atoms with Crippen LogP contribution in [0, 0.1) is 0 Å². The molecule has 0 atom stereocenters. The van der Waals surface area contributed by atoms with Crippen LogP contribution in [-0.2, 0) is 9.59 Å². The number of nitrogens with zero attached hydrogens (tertiary/aromatic N) is 2. The lowest BCUT2D eigenvalue weighted by molar-refractivity contribution is -0.134. The number of anilines is 4. The molecule has 4 N–H and O–H groups in total. The molecule has 0 fully saturated rings. The fourth-order valence-electron chi connectivity index (χ4n) is 2.53. The van der Waals surface area contributed by atoms with E-state index < -0.39 is 11.8 Å². The number of aromatic nitrogens is 1. The first-order valence-electron chi connectivity index (χ1n) is 8.70. The molecule has 2 aromatic carbocycles. The van der Waals surface area contributed by atoms with Crippen molar-refractivity contribution in [2.75, 3.05) is 28.3 Å². The summed E-state index contributed by atoms with van der Waals surface area (Å²) < 4.78 is 0. The summed E-state index contributed by atoms with van der Waals surface area (Å²) in [7, 11) is 1.48. The molecule has 146 valence electrons. The van der Waals surface area contributed by atoms with E-state index in [1.54, 1.807) is 66.9 Å². The van der Waals surface area contributed by atoms with Gasteiger partial charge in [0.15, 0.2) is 0 Å². The molecule has 3 amide bonds. The van der Waals surface area contributed by atoms with Gasteiger partial charge in [0.1, 0.15) is 0 Å². The Bertz CT molecular complexity index is 1040. The van der Waals surface area contributed by atoms with Crippen LogP contribution in [-0.4, -0.2) is 29.8 Å². The van der Waals surface area contributed by atoms with E-state index in [0.29, 0.717) is 28.3 Å². The minimum absolute atomic E-state index is 0.335. The van der Waals surface area contributed by atoms with Crippen LogP contribution in [0.15, 0.2) is 73.1 Å². The van der Waals surface area contributed by atoms with E-state index in [4.69, 9.17) is 5.73 Å². The molecule has 0 bridgehead atoms. The third kappa shape index (κ3) is 4.75. The molecule has 8 nitrogen and oxygen atoms in total. The number of rotatable bonds is 4. The minimum Gasteiger partial charge on any atom is -0.397 e. The largest absolute Gasteiger partial charge is 0.397 e. The number of nitrogens with one attached hydrogen (secondary N) is 2. The van der Waals surface area contributed by atoms with Crippen LogP contribution in [0.4, 0.5) is 22.7 Å². The molecule has 0 saturated heterocycles. The maximum Gasteiger partial charge on any atom is 0.316 e. The number of hydrogen-bond acceptors (Lipinski definition) is 5. The third-order valence-corrected chi connectivity index (χ3v) is 4.14. The molecule has 0 aliphatic rings. The van der Waals surface area contributed by atoms with E-state index in [9.17, 15) is 14.4 Å². The number of amides is 3. The lowest BCUT2D eigenvalue weighted by atomic mass is 10.1. The zero-order chi connectivity index (χ0) is 20.8. The molecular weight excluding hydrogens is 370 g/mol. The average Bonchev–Trinajstić information content (AvgIpc) is 2.75. The van der Waals surface area contributed by atoms with Gasteiger partial charge >= 0.3 is 11.8 Å². The molecule has 0 spiro atoms. The molecule has 0 saturated carbocycles. The first-order chi connectivity index (χ1) is 14.0. The summed E-state index contributed by atoms with van der Waals surface area (Å²) in [5.41, 5.74) is 8.08. The summed E-state index contributed by atoms with van der Waals surface area (Å²) >= 11 is 0. The molecule has 0 aliphatic heterocycles. The van der Waals surface area contributed by atoms with Gasteiger partial charge in [0.25, 0.3) is 5.91 Å². The van der Waals surface area contributed by atoms with Crippen LogP contribution >= 0.6 is 0 Å². The Kier molecular flexibility index (Phi) is 5.84. The molecule has 3 aromatic rings. The van der Waals surface area contributed by atoms with Crippen molar-refractivity contribution in [3.63, 3.8) is 0 Å². The van der Waals surface area contributed by atoms with Gasteiger partial charge in [0.05, 0.1) is 23.3 Å². The van der Waals surface area contributed by atoms with Crippen molar-refractivity contribution < 1.29 is 14.4 Å². The van der Waals surface area contributed by atoms with Crippen molar-refractivity contribution in [3.8, 4) is 0 Å². The van der Waals surface area contributed by atoms with Gasteiger partial charge < -0.3 is 21.3 Å². The van der Waals surface area contributed by atoms with Crippen LogP contribution in [0.2, 0.25) is 0 Å². The lowest BCUT2D eigenvalue weighted by Gasteiger charge is -2.17. The minimum atomic E-state index is -0.790. The van der Waals surface area contributed by atoms with E-state index in [2.05, 4.69) is 15.6 Å². The summed E-state index contributed by atoms with van der Waals surface area (Å²) in [5.74, 6) is -1.87. The number of carbonyl (C=O) groups excluding carboxylic acids is 3. The standard InChI is InChI=1S/C21H19N5O3/c1-26(21(29)20(28)24-15-5-4-12-23-13-15)16-10-8-14(9-11-16)19(27)25-18-7-3-2-6-17(18)22/h2-13H,22H2,1H3,(H,24,28)(H,25,27). The summed E-state index contributed by atoms with van der Waals surface area (Å²) in [6, 6.07) is 16.5. The molecular formula is C21H19N5O3. The van der Waals surface area contributed by atoms with Crippen LogP contribution in [0.3, 0.4) is 0 Å². The van der Waals surface area contributed by atoms with Crippen molar-refractivity contribution in [3.05, 3.63) is 78.6 Å².